The number of urea groups is 1. The Morgan fingerprint density at radius 3 is 2.32 bits per heavy atom. The van der Waals surface area contributed by atoms with Crippen molar-refractivity contribution in [3.8, 4) is 0 Å². The van der Waals surface area contributed by atoms with Crippen LogP contribution >= 0.6 is 0 Å². The Kier molecular flexibility index (Phi) is 5.24. The van der Waals surface area contributed by atoms with Crippen LogP contribution in [0.25, 0.3) is 0 Å². The fraction of sp³-hybridized carbons (Fsp3) is 0.941. The average molecular weight is 310 g/mol. The molecular weight excluding hydrogens is 280 g/mol. The molecule has 1 spiro atoms. The Hall–Kier alpha value is -0.810. The molecule has 0 aromatic rings. The number of ether oxygens (including phenoxy) is 2. The zero-order valence-electron chi connectivity index (χ0n) is 13.8. The summed E-state index contributed by atoms with van der Waals surface area (Å²) in [6, 6.07) is 0.467. The molecule has 3 rings (SSSR count). The van der Waals surface area contributed by atoms with Gasteiger partial charge in [0.25, 0.3) is 0 Å². The second-order valence-electron chi connectivity index (χ2n) is 7.13. The van der Waals surface area contributed by atoms with Crippen LogP contribution in [0.2, 0.25) is 0 Å². The molecule has 2 saturated heterocycles. The Morgan fingerprint density at radius 1 is 1.09 bits per heavy atom. The first-order chi connectivity index (χ1) is 10.7. The zero-order chi connectivity index (χ0) is 15.4. The van der Waals surface area contributed by atoms with E-state index in [1.807, 2.05) is 11.8 Å². The first kappa shape index (κ1) is 16.1. The summed E-state index contributed by atoms with van der Waals surface area (Å²) in [4.78, 5) is 14.4. The van der Waals surface area contributed by atoms with Gasteiger partial charge in [-0.25, -0.2) is 4.79 Å². The van der Waals surface area contributed by atoms with Gasteiger partial charge >= 0.3 is 6.03 Å². The molecule has 0 aromatic heterocycles. The van der Waals surface area contributed by atoms with Gasteiger partial charge in [0.05, 0.1) is 12.7 Å². The SMILES string of the molecule is C[C@H]1COC2(CCN(C(=O)NC3CCCCCCC3)CC2)O1. The Labute approximate surface area is 133 Å². The van der Waals surface area contributed by atoms with E-state index in [1.54, 1.807) is 0 Å². The maximum atomic E-state index is 12.5. The molecule has 3 aliphatic rings. The number of likely N-dealkylation sites (tertiary alicyclic amines) is 1. The number of piperidine rings is 1. The first-order valence-electron chi connectivity index (χ1n) is 9.04. The molecule has 0 radical (unpaired) electrons. The van der Waals surface area contributed by atoms with E-state index in [1.165, 1.54) is 32.1 Å². The summed E-state index contributed by atoms with van der Waals surface area (Å²) >= 11 is 0. The van der Waals surface area contributed by atoms with Crippen LogP contribution in [0.5, 0.6) is 0 Å². The highest BCUT2D eigenvalue weighted by Gasteiger charge is 2.43. The number of hydrogen-bond donors (Lipinski definition) is 1. The average Bonchev–Trinajstić information content (AvgIpc) is 2.83. The lowest BCUT2D eigenvalue weighted by Gasteiger charge is -2.38. The predicted molar refractivity (Wildman–Crippen MR) is 84.7 cm³/mol. The van der Waals surface area contributed by atoms with E-state index in [9.17, 15) is 4.79 Å². The Bertz CT molecular complexity index is 372. The molecule has 1 N–H and O–H groups in total. The largest absolute Gasteiger partial charge is 0.347 e. The zero-order valence-corrected chi connectivity index (χ0v) is 13.8. The van der Waals surface area contributed by atoms with Crippen LogP contribution in [0, 0.1) is 0 Å². The number of carbonyl (C=O) groups excluding carboxylic acids is 1. The van der Waals surface area contributed by atoms with Crippen LogP contribution in [0.4, 0.5) is 4.79 Å². The minimum atomic E-state index is -0.420. The van der Waals surface area contributed by atoms with Crippen LogP contribution in [-0.4, -0.2) is 48.6 Å². The maximum absolute atomic E-state index is 12.5. The second kappa shape index (κ2) is 7.18. The molecule has 1 saturated carbocycles. The number of hydrogen-bond acceptors (Lipinski definition) is 3. The summed E-state index contributed by atoms with van der Waals surface area (Å²) < 4.78 is 11.7. The third-order valence-corrected chi connectivity index (χ3v) is 5.24. The second-order valence-corrected chi connectivity index (χ2v) is 7.13. The molecule has 1 aliphatic carbocycles. The van der Waals surface area contributed by atoms with E-state index in [4.69, 9.17) is 9.47 Å². The number of rotatable bonds is 1. The molecule has 5 heteroatoms. The van der Waals surface area contributed by atoms with E-state index in [0.29, 0.717) is 12.6 Å². The van der Waals surface area contributed by atoms with Gasteiger partial charge in [-0.05, 0) is 19.8 Å². The van der Waals surface area contributed by atoms with Gasteiger partial charge in [0.1, 0.15) is 0 Å². The van der Waals surface area contributed by atoms with E-state index in [0.717, 1.165) is 38.8 Å². The molecule has 126 valence electrons. The van der Waals surface area contributed by atoms with Gasteiger partial charge in [-0.2, -0.15) is 0 Å². The lowest BCUT2D eigenvalue weighted by molar-refractivity contribution is -0.189. The van der Waals surface area contributed by atoms with Gasteiger partial charge in [-0.3, -0.25) is 0 Å². The molecular formula is C17H30N2O3. The number of nitrogens with one attached hydrogen (secondary N) is 1. The third kappa shape index (κ3) is 3.93. The fourth-order valence-electron chi connectivity index (χ4n) is 3.88. The Balaban J connectivity index is 1.45. The van der Waals surface area contributed by atoms with Crippen molar-refractivity contribution >= 4 is 6.03 Å². The highest BCUT2D eigenvalue weighted by atomic mass is 16.7. The minimum Gasteiger partial charge on any atom is -0.347 e. The lowest BCUT2D eigenvalue weighted by atomic mass is 9.97. The van der Waals surface area contributed by atoms with E-state index < -0.39 is 5.79 Å². The standard InChI is InChI=1S/C17H30N2O3/c1-14-13-21-17(22-14)9-11-19(12-10-17)16(20)18-15-7-5-3-2-4-6-8-15/h14-15H,2-13H2,1H3,(H,18,20)/t14-/m0/s1. The lowest BCUT2D eigenvalue weighted by Crippen LogP contribution is -2.52. The van der Waals surface area contributed by atoms with Gasteiger partial charge < -0.3 is 19.7 Å². The maximum Gasteiger partial charge on any atom is 0.317 e. The van der Waals surface area contributed by atoms with Gasteiger partial charge in [-0.1, -0.05) is 32.1 Å². The van der Waals surface area contributed by atoms with E-state index in [-0.39, 0.29) is 12.1 Å². The van der Waals surface area contributed by atoms with Gasteiger partial charge in [0.15, 0.2) is 5.79 Å². The number of carbonyl (C=O) groups is 1. The molecule has 0 aromatic carbocycles. The normalized spacial score (nSPS) is 30.0. The van der Waals surface area contributed by atoms with Gasteiger partial charge in [0.2, 0.25) is 0 Å². The summed E-state index contributed by atoms with van der Waals surface area (Å²) in [6.45, 7) is 4.17. The molecule has 1 atom stereocenters. The molecule has 0 unspecified atom stereocenters. The van der Waals surface area contributed by atoms with Crippen molar-refractivity contribution < 1.29 is 14.3 Å². The molecule has 3 fully saturated rings. The molecule has 5 nitrogen and oxygen atoms in total. The minimum absolute atomic E-state index is 0.103. The number of amides is 2. The van der Waals surface area contributed by atoms with E-state index in [2.05, 4.69) is 5.32 Å². The molecule has 2 aliphatic heterocycles. The van der Waals surface area contributed by atoms with E-state index >= 15 is 0 Å². The van der Waals surface area contributed by atoms with Crippen LogP contribution in [-0.2, 0) is 9.47 Å². The molecule has 22 heavy (non-hydrogen) atoms. The van der Waals surface area contributed by atoms with Crippen LogP contribution < -0.4 is 5.32 Å². The fourth-order valence-corrected chi connectivity index (χ4v) is 3.88. The highest BCUT2D eigenvalue weighted by molar-refractivity contribution is 5.74. The van der Waals surface area contributed by atoms with Crippen LogP contribution in [0.15, 0.2) is 0 Å². The molecule has 0 bridgehead atoms. The van der Waals surface area contributed by atoms with Crippen molar-refractivity contribution in [1.29, 1.82) is 0 Å². The Morgan fingerprint density at radius 2 is 1.73 bits per heavy atom. The molecule has 2 amide bonds. The summed E-state index contributed by atoms with van der Waals surface area (Å²) in [5.41, 5.74) is 0. The van der Waals surface area contributed by atoms with Crippen molar-refractivity contribution in [2.75, 3.05) is 19.7 Å². The van der Waals surface area contributed by atoms with Crippen LogP contribution in [0.3, 0.4) is 0 Å². The molecule has 2 heterocycles. The topological polar surface area (TPSA) is 50.8 Å². The van der Waals surface area contributed by atoms with Crippen molar-refractivity contribution in [3.05, 3.63) is 0 Å². The van der Waals surface area contributed by atoms with Crippen molar-refractivity contribution in [1.82, 2.24) is 10.2 Å². The monoisotopic (exact) mass is 310 g/mol. The van der Waals surface area contributed by atoms with Crippen molar-refractivity contribution in [2.45, 2.75) is 82.6 Å². The summed E-state index contributed by atoms with van der Waals surface area (Å²) in [7, 11) is 0. The predicted octanol–water partition coefficient (Wildman–Crippen LogP) is 3.04. The van der Waals surface area contributed by atoms with Crippen LogP contribution in [0.1, 0.15) is 64.7 Å². The summed E-state index contributed by atoms with van der Waals surface area (Å²) in [6.07, 6.45) is 10.5. The smallest absolute Gasteiger partial charge is 0.317 e. The first-order valence-corrected chi connectivity index (χ1v) is 9.04. The van der Waals surface area contributed by atoms with Gasteiger partial charge in [0, 0.05) is 32.0 Å². The summed E-state index contributed by atoms with van der Waals surface area (Å²) in [5.74, 6) is -0.420. The van der Waals surface area contributed by atoms with Gasteiger partial charge in [-0.15, -0.1) is 0 Å². The number of nitrogens with zero attached hydrogens (tertiary/aromatic N) is 1. The van der Waals surface area contributed by atoms with Crippen molar-refractivity contribution in [3.63, 3.8) is 0 Å². The quantitative estimate of drug-likeness (QED) is 0.810. The summed E-state index contributed by atoms with van der Waals surface area (Å²) in [5, 5.41) is 3.25. The third-order valence-electron chi connectivity index (χ3n) is 5.24. The highest BCUT2D eigenvalue weighted by Crippen LogP contribution is 2.33. The van der Waals surface area contributed by atoms with Crippen molar-refractivity contribution in [2.24, 2.45) is 0 Å².